The third-order valence-corrected chi connectivity index (χ3v) is 7.45. The molecule has 1 aliphatic heterocycles. The lowest BCUT2D eigenvalue weighted by molar-refractivity contribution is -0.0500. The molecule has 2 aliphatic rings. The van der Waals surface area contributed by atoms with Crippen LogP contribution < -0.4 is 9.08 Å². The van der Waals surface area contributed by atoms with Crippen molar-refractivity contribution in [1.82, 2.24) is 4.98 Å². The molecule has 10 heteroatoms. The first kappa shape index (κ1) is 23.6. The van der Waals surface area contributed by atoms with Gasteiger partial charge in [-0.05, 0) is 84.7 Å². The van der Waals surface area contributed by atoms with Gasteiger partial charge in [-0.3, -0.25) is 0 Å². The second-order valence-corrected chi connectivity index (χ2v) is 10.5. The Labute approximate surface area is 200 Å². The number of nitrogens with zero attached hydrogens (tertiary/aromatic N) is 2. The summed E-state index contributed by atoms with van der Waals surface area (Å²) >= 11 is 0. The van der Waals surface area contributed by atoms with Gasteiger partial charge in [0.1, 0.15) is 5.75 Å². The molecule has 0 spiro atoms. The van der Waals surface area contributed by atoms with E-state index in [-0.39, 0.29) is 6.04 Å². The van der Waals surface area contributed by atoms with Crippen LogP contribution in [0.25, 0.3) is 0 Å². The molecule has 2 heterocycles. The van der Waals surface area contributed by atoms with E-state index in [1.54, 1.807) is 12.1 Å². The number of rotatable bonds is 5. The molecule has 0 radical (unpaired) electrons. The molecule has 0 bridgehead atoms. The minimum Gasteiger partial charge on any atom is -0.376 e. The molecule has 5 nitrogen and oxygen atoms in total. The van der Waals surface area contributed by atoms with Gasteiger partial charge in [0.05, 0.1) is 6.04 Å². The number of fused-ring (bicyclic) bond motifs is 1. The Morgan fingerprint density at radius 1 is 1.00 bits per heavy atom. The number of alkyl halides is 3. The zero-order valence-corrected chi connectivity index (χ0v) is 19.5. The van der Waals surface area contributed by atoms with Gasteiger partial charge in [-0.1, -0.05) is 24.3 Å². The monoisotopic (exact) mass is 506 g/mol. The Balaban J connectivity index is 1.56. The summed E-state index contributed by atoms with van der Waals surface area (Å²) in [5.41, 5.74) is -1.20. The Bertz CT molecular complexity index is 1340. The van der Waals surface area contributed by atoms with E-state index in [2.05, 4.69) is 26.2 Å². The molecule has 184 valence electrons. The molecule has 5 rings (SSSR count). The van der Waals surface area contributed by atoms with Gasteiger partial charge in [-0.15, -0.1) is 0 Å². The van der Waals surface area contributed by atoms with Crippen molar-refractivity contribution in [3.05, 3.63) is 89.0 Å². The van der Waals surface area contributed by atoms with E-state index >= 15 is 0 Å². The molecule has 2 aromatic carbocycles. The maximum Gasteiger partial charge on any atom is 0.534 e. The lowest BCUT2D eigenvalue weighted by Gasteiger charge is -2.44. The highest BCUT2D eigenvalue weighted by Gasteiger charge is 2.48. The van der Waals surface area contributed by atoms with Crippen LogP contribution in [0.2, 0.25) is 0 Å². The second kappa shape index (κ2) is 8.51. The number of hydrogen-bond donors (Lipinski definition) is 0. The van der Waals surface area contributed by atoms with E-state index < -0.39 is 33.4 Å². The average molecular weight is 507 g/mol. The van der Waals surface area contributed by atoms with Gasteiger partial charge in [0.15, 0.2) is 0 Å². The molecule has 2 atom stereocenters. The smallest absolute Gasteiger partial charge is 0.376 e. The summed E-state index contributed by atoms with van der Waals surface area (Å²) in [7, 11) is -5.78. The fraction of sp³-hybridized carbons (Fsp3) is 0.320. The van der Waals surface area contributed by atoms with Crippen LogP contribution in [0.5, 0.6) is 5.75 Å². The van der Waals surface area contributed by atoms with Gasteiger partial charge in [0.2, 0.25) is 5.95 Å². The molecule has 0 unspecified atom stereocenters. The van der Waals surface area contributed by atoms with Crippen molar-refractivity contribution in [2.75, 3.05) is 4.90 Å². The summed E-state index contributed by atoms with van der Waals surface area (Å²) in [5.74, 6) is -0.433. The first-order valence-corrected chi connectivity index (χ1v) is 12.6. The Hall–Kier alpha value is -3.14. The van der Waals surface area contributed by atoms with Gasteiger partial charge in [0.25, 0.3) is 0 Å². The predicted octanol–water partition coefficient (Wildman–Crippen LogP) is 5.87. The average Bonchev–Trinajstić information content (AvgIpc) is 3.63. The fourth-order valence-electron chi connectivity index (χ4n) is 4.70. The maximum absolute atomic E-state index is 13.6. The summed E-state index contributed by atoms with van der Waals surface area (Å²) in [5, 5.41) is 0. The van der Waals surface area contributed by atoms with Crippen LogP contribution >= 0.6 is 0 Å². The number of anilines is 1. The molecular weight excluding hydrogens is 484 g/mol. The zero-order chi connectivity index (χ0) is 25.0. The van der Waals surface area contributed by atoms with E-state index in [0.717, 1.165) is 11.3 Å². The summed E-state index contributed by atoms with van der Waals surface area (Å²) in [4.78, 5) is 5.96. The van der Waals surface area contributed by atoms with E-state index in [1.165, 1.54) is 42.8 Å². The van der Waals surface area contributed by atoms with Crippen molar-refractivity contribution in [3.8, 4) is 5.75 Å². The van der Waals surface area contributed by atoms with Crippen molar-refractivity contribution in [2.24, 2.45) is 0 Å². The quantitative estimate of drug-likeness (QED) is 0.188. The van der Waals surface area contributed by atoms with Gasteiger partial charge in [-0.25, -0.2) is 4.98 Å². The van der Waals surface area contributed by atoms with Crippen LogP contribution in [-0.2, 0) is 16.5 Å². The molecule has 3 aromatic rings. The number of aromatic nitrogens is 1. The lowest BCUT2D eigenvalue weighted by atomic mass is 9.85. The highest BCUT2D eigenvalue weighted by molar-refractivity contribution is 7.88. The van der Waals surface area contributed by atoms with E-state index in [9.17, 15) is 26.0 Å². The normalized spacial score (nSPS) is 20.4. The molecule has 35 heavy (non-hydrogen) atoms. The molecule has 1 aliphatic carbocycles. The molecular formula is C25H22F4N2O3S. The van der Waals surface area contributed by atoms with Gasteiger partial charge in [-0.2, -0.15) is 26.0 Å². The highest BCUT2D eigenvalue weighted by atomic mass is 32.2. The largest absolute Gasteiger partial charge is 0.534 e. The first-order valence-electron chi connectivity index (χ1n) is 11.2. The molecule has 1 aromatic heterocycles. The van der Waals surface area contributed by atoms with Crippen molar-refractivity contribution >= 4 is 15.8 Å². The summed E-state index contributed by atoms with van der Waals surface area (Å²) in [6.07, 6.45) is 4.25. The summed E-state index contributed by atoms with van der Waals surface area (Å²) in [6.45, 7) is 1.97. The highest BCUT2D eigenvalue weighted by Crippen LogP contribution is 2.44. The van der Waals surface area contributed by atoms with Crippen LogP contribution in [0.4, 0.5) is 23.2 Å². The van der Waals surface area contributed by atoms with E-state index in [1.807, 2.05) is 19.1 Å². The van der Waals surface area contributed by atoms with Crippen LogP contribution in [-0.4, -0.2) is 25.0 Å². The minimum absolute atomic E-state index is 0.112. The van der Waals surface area contributed by atoms with Crippen molar-refractivity contribution in [3.63, 3.8) is 0 Å². The SMILES string of the molecule is C[C@@H]1Cc2cc(OS(=O)(=O)C(F)(F)F)ccc2[C@@H](c2ccc(F)nc2)N1c1ccc(C2CC2)cc1. The molecule has 0 amide bonds. The minimum atomic E-state index is -5.78. The van der Waals surface area contributed by atoms with Crippen molar-refractivity contribution < 1.29 is 30.2 Å². The summed E-state index contributed by atoms with van der Waals surface area (Å²) in [6, 6.07) is 14.8. The van der Waals surface area contributed by atoms with E-state index in [0.29, 0.717) is 23.5 Å². The van der Waals surface area contributed by atoms with Gasteiger partial charge >= 0.3 is 15.6 Å². The van der Waals surface area contributed by atoms with Crippen molar-refractivity contribution in [2.45, 2.75) is 49.7 Å². The van der Waals surface area contributed by atoms with Crippen LogP contribution in [0.15, 0.2) is 60.8 Å². The number of halogens is 4. The maximum atomic E-state index is 13.6. The first-order chi connectivity index (χ1) is 16.5. The molecule has 0 saturated heterocycles. The van der Waals surface area contributed by atoms with Crippen LogP contribution in [0.3, 0.4) is 0 Å². The molecule has 1 saturated carbocycles. The third kappa shape index (κ3) is 4.59. The van der Waals surface area contributed by atoms with Gasteiger partial charge in [0, 0.05) is 17.9 Å². The fourth-order valence-corrected chi connectivity index (χ4v) is 5.15. The second-order valence-electron chi connectivity index (χ2n) is 8.99. The van der Waals surface area contributed by atoms with Crippen LogP contribution in [0.1, 0.15) is 54.0 Å². The Morgan fingerprint density at radius 3 is 2.29 bits per heavy atom. The third-order valence-electron chi connectivity index (χ3n) is 6.47. The van der Waals surface area contributed by atoms with Crippen LogP contribution in [0, 0.1) is 5.95 Å². The topological polar surface area (TPSA) is 59.5 Å². The predicted molar refractivity (Wildman–Crippen MR) is 122 cm³/mol. The standard InChI is InChI=1S/C25H22F4N2O3S/c1-15-12-19-13-21(34-35(32,33)25(27,28)29)9-10-22(19)24(18-6-11-23(26)30-14-18)31(15)20-7-4-17(5-8-20)16-2-3-16/h4-11,13-16,24H,2-3,12H2,1H3/t15-,24-/m1/s1. The Morgan fingerprint density at radius 2 is 1.69 bits per heavy atom. The lowest BCUT2D eigenvalue weighted by Crippen LogP contribution is -2.43. The van der Waals surface area contributed by atoms with Gasteiger partial charge < -0.3 is 9.08 Å². The number of pyridine rings is 1. The Kier molecular flexibility index (Phi) is 5.74. The summed E-state index contributed by atoms with van der Waals surface area (Å²) < 4.78 is 79.3. The molecule has 0 N–H and O–H groups in total. The zero-order valence-electron chi connectivity index (χ0n) is 18.7. The number of hydrogen-bond acceptors (Lipinski definition) is 5. The molecule has 1 fully saturated rings. The number of benzene rings is 2. The van der Waals surface area contributed by atoms with E-state index in [4.69, 9.17) is 0 Å². The van der Waals surface area contributed by atoms with Crippen molar-refractivity contribution in [1.29, 1.82) is 0 Å².